The molecule has 0 unspecified atom stereocenters. The molecule has 0 aliphatic heterocycles. The van der Waals surface area contributed by atoms with Gasteiger partial charge in [-0.25, -0.2) is 0 Å². The van der Waals surface area contributed by atoms with Crippen LogP contribution in [-0.4, -0.2) is 14.1 Å². The molecule has 3 fully saturated rings. The van der Waals surface area contributed by atoms with Crippen LogP contribution in [0.3, 0.4) is 0 Å². The first-order chi connectivity index (χ1) is 17.0. The van der Waals surface area contributed by atoms with Gasteiger partial charge in [-0.05, 0) is 14.1 Å². The number of hydrogen-bond donors (Lipinski definition) is 2. The molecular weight excluding hydrogens is 412 g/mol. The maximum Gasteiger partial charge on any atom is -0.0195 e. The summed E-state index contributed by atoms with van der Waals surface area (Å²) >= 11 is 0. The number of rotatable bonds is 0. The van der Waals surface area contributed by atoms with Crippen LogP contribution in [0.25, 0.3) is 0 Å². The van der Waals surface area contributed by atoms with Crippen LogP contribution in [-0.2, 0) is 0 Å². The lowest BCUT2D eigenvalue weighted by molar-refractivity contribution is 0.504. The summed E-state index contributed by atoms with van der Waals surface area (Å²) in [5.41, 5.74) is 9.00. The Hall–Kier alpha value is -0.0800. The van der Waals surface area contributed by atoms with Crippen molar-refractivity contribution in [2.75, 3.05) is 14.1 Å². The molecule has 3 aliphatic carbocycles. The van der Waals surface area contributed by atoms with Gasteiger partial charge in [0.1, 0.15) is 0 Å². The first-order valence-electron chi connectivity index (χ1n) is 16.2. The van der Waals surface area contributed by atoms with Gasteiger partial charge in [-0.1, -0.05) is 193 Å². The second-order valence-electron chi connectivity index (χ2n) is 10.6. The minimum atomic E-state index is 1.50. The summed E-state index contributed by atoms with van der Waals surface area (Å²) in [7, 11) is 3.00. The molecule has 4 N–H and O–H groups in total. The number of nitrogens with two attached hydrogens (primary N) is 2. The Morgan fingerprint density at radius 1 is 0.147 bits per heavy atom. The quantitative estimate of drug-likeness (QED) is 0.360. The normalized spacial score (nSPS) is 21.5. The molecule has 0 aromatic carbocycles. The molecule has 0 saturated heterocycles. The van der Waals surface area contributed by atoms with E-state index in [1.165, 1.54) is 207 Å². The molecular formula is C32H70N2. The first-order valence-corrected chi connectivity index (χ1v) is 16.2. The van der Waals surface area contributed by atoms with Crippen molar-refractivity contribution in [2.24, 2.45) is 11.5 Å². The maximum atomic E-state index is 4.50. The van der Waals surface area contributed by atoms with Crippen LogP contribution in [0.1, 0.15) is 193 Å². The lowest BCUT2D eigenvalue weighted by atomic mass is 10.0. The van der Waals surface area contributed by atoms with Crippen LogP contribution in [0.4, 0.5) is 0 Å². The van der Waals surface area contributed by atoms with Crippen molar-refractivity contribution < 1.29 is 0 Å². The summed E-state index contributed by atoms with van der Waals surface area (Å²) in [5, 5.41) is 0. The summed E-state index contributed by atoms with van der Waals surface area (Å²) in [6.45, 7) is 0. The Balaban J connectivity index is 0. The zero-order chi connectivity index (χ0) is 25.2. The average Bonchev–Trinajstić information content (AvgIpc) is 2.93. The van der Waals surface area contributed by atoms with Crippen molar-refractivity contribution in [1.29, 1.82) is 0 Å². The Bertz CT molecular complexity index is 158. The van der Waals surface area contributed by atoms with Crippen LogP contribution in [0.15, 0.2) is 0 Å². The Morgan fingerprint density at radius 2 is 0.176 bits per heavy atom. The molecule has 2 nitrogen and oxygen atoms in total. The van der Waals surface area contributed by atoms with Crippen LogP contribution in [0.5, 0.6) is 0 Å². The highest BCUT2D eigenvalue weighted by molar-refractivity contribution is 4.53. The van der Waals surface area contributed by atoms with Crippen molar-refractivity contribution in [3.63, 3.8) is 0 Å². The minimum absolute atomic E-state index is 1.50. The lowest BCUT2D eigenvalue weighted by Gasteiger charge is -2.05. The highest BCUT2D eigenvalue weighted by Crippen LogP contribution is 2.17. The van der Waals surface area contributed by atoms with E-state index in [1.54, 1.807) is 0 Å². The van der Waals surface area contributed by atoms with E-state index >= 15 is 0 Å². The van der Waals surface area contributed by atoms with E-state index in [4.69, 9.17) is 0 Å². The largest absolute Gasteiger partial charge is 0.333 e. The van der Waals surface area contributed by atoms with E-state index in [0.29, 0.717) is 0 Å². The van der Waals surface area contributed by atoms with Crippen molar-refractivity contribution in [1.82, 2.24) is 0 Å². The van der Waals surface area contributed by atoms with Crippen molar-refractivity contribution in [3.8, 4) is 0 Å². The summed E-state index contributed by atoms with van der Waals surface area (Å²) in [6, 6.07) is 0. The molecule has 3 aliphatic rings. The number of hydrogen-bond acceptors (Lipinski definition) is 2. The van der Waals surface area contributed by atoms with Gasteiger partial charge in [-0.2, -0.15) is 0 Å². The fourth-order valence-electron chi connectivity index (χ4n) is 5.30. The second-order valence-corrected chi connectivity index (χ2v) is 10.6. The van der Waals surface area contributed by atoms with Crippen LogP contribution in [0, 0.1) is 0 Å². The fraction of sp³-hybridized carbons (Fsp3) is 1.00. The monoisotopic (exact) mass is 483 g/mol. The zero-order valence-corrected chi connectivity index (χ0v) is 24.4. The highest BCUT2D eigenvalue weighted by Gasteiger charge is 1.97. The average molecular weight is 483 g/mol. The molecule has 3 saturated carbocycles. The molecule has 0 aromatic heterocycles. The van der Waals surface area contributed by atoms with Gasteiger partial charge in [-0.3, -0.25) is 0 Å². The summed E-state index contributed by atoms with van der Waals surface area (Å²) in [5.74, 6) is 0. The van der Waals surface area contributed by atoms with Gasteiger partial charge in [0.25, 0.3) is 0 Å². The third-order valence-electron chi connectivity index (χ3n) is 7.50. The predicted octanol–water partition coefficient (Wildman–Crippen LogP) is 10.9. The highest BCUT2D eigenvalue weighted by atomic mass is 14.4. The van der Waals surface area contributed by atoms with Crippen molar-refractivity contribution >= 4 is 0 Å². The molecule has 2 heteroatoms. The van der Waals surface area contributed by atoms with E-state index in [1.807, 2.05) is 0 Å². The van der Waals surface area contributed by atoms with E-state index in [-0.39, 0.29) is 0 Å². The molecule has 3 rings (SSSR count). The van der Waals surface area contributed by atoms with E-state index in [2.05, 4.69) is 11.5 Å². The Labute approximate surface area is 218 Å². The minimum Gasteiger partial charge on any atom is -0.333 e. The fourth-order valence-corrected chi connectivity index (χ4v) is 5.30. The predicted molar refractivity (Wildman–Crippen MR) is 159 cm³/mol. The SMILES string of the molecule is C1CCCCCCCCC1.C1CCCCCCCCC1.C1CCCCCCCCC1.CN.CN. The molecule has 0 bridgehead atoms. The lowest BCUT2D eigenvalue weighted by Crippen LogP contribution is -1.85. The van der Waals surface area contributed by atoms with E-state index in [0.717, 1.165) is 0 Å². The third-order valence-corrected chi connectivity index (χ3v) is 7.50. The van der Waals surface area contributed by atoms with Crippen molar-refractivity contribution in [3.05, 3.63) is 0 Å². The van der Waals surface area contributed by atoms with Gasteiger partial charge in [0.2, 0.25) is 0 Å². The zero-order valence-electron chi connectivity index (χ0n) is 24.4. The maximum absolute atomic E-state index is 4.50. The van der Waals surface area contributed by atoms with Gasteiger partial charge in [-0.15, -0.1) is 0 Å². The Kier molecular flexibility index (Phi) is 39.8. The molecule has 0 amide bonds. The van der Waals surface area contributed by atoms with Crippen LogP contribution >= 0.6 is 0 Å². The summed E-state index contributed by atoms with van der Waals surface area (Å²) in [4.78, 5) is 0. The van der Waals surface area contributed by atoms with Gasteiger partial charge < -0.3 is 11.5 Å². The summed E-state index contributed by atoms with van der Waals surface area (Å²) in [6.07, 6.45) is 45.0. The smallest absolute Gasteiger partial charge is 0.0195 e. The Morgan fingerprint density at radius 3 is 0.206 bits per heavy atom. The van der Waals surface area contributed by atoms with E-state index in [9.17, 15) is 0 Å². The van der Waals surface area contributed by atoms with Crippen molar-refractivity contribution in [2.45, 2.75) is 193 Å². The topological polar surface area (TPSA) is 52.0 Å². The van der Waals surface area contributed by atoms with Crippen LogP contribution in [0.2, 0.25) is 0 Å². The van der Waals surface area contributed by atoms with E-state index < -0.39 is 0 Å². The molecule has 208 valence electrons. The van der Waals surface area contributed by atoms with Gasteiger partial charge in [0, 0.05) is 0 Å². The second kappa shape index (κ2) is 37.5. The molecule has 0 atom stereocenters. The molecule has 0 heterocycles. The molecule has 0 radical (unpaired) electrons. The molecule has 34 heavy (non-hydrogen) atoms. The third kappa shape index (κ3) is 34.1. The summed E-state index contributed by atoms with van der Waals surface area (Å²) < 4.78 is 0. The van der Waals surface area contributed by atoms with Gasteiger partial charge in [0.15, 0.2) is 0 Å². The molecule has 0 aromatic rings. The standard InChI is InChI=1S/3C10H20.2CH5N/c3*1-2-4-6-8-10-9-7-5-3-1;2*1-2/h3*1-10H2;2*2H2,1H3. The molecule has 0 spiro atoms. The van der Waals surface area contributed by atoms with Gasteiger partial charge >= 0.3 is 0 Å². The first kappa shape index (κ1) is 36.1. The van der Waals surface area contributed by atoms with Gasteiger partial charge in [0.05, 0.1) is 0 Å². The van der Waals surface area contributed by atoms with Crippen LogP contribution < -0.4 is 11.5 Å².